The van der Waals surface area contributed by atoms with E-state index in [-0.39, 0.29) is 22.3 Å². The van der Waals surface area contributed by atoms with E-state index >= 15 is 0 Å². The van der Waals surface area contributed by atoms with Crippen molar-refractivity contribution < 1.29 is 18.0 Å². The number of para-hydroxylation sites is 1. The van der Waals surface area contributed by atoms with Gasteiger partial charge in [0.15, 0.2) is 11.1 Å². The summed E-state index contributed by atoms with van der Waals surface area (Å²) in [4.78, 5) is 30.2. The molecule has 0 aliphatic rings. The van der Waals surface area contributed by atoms with Crippen LogP contribution >= 0.6 is 11.8 Å². The Balaban J connectivity index is 2.34. The molecule has 158 valence electrons. The summed E-state index contributed by atoms with van der Waals surface area (Å²) in [6.45, 7) is 0. The van der Waals surface area contributed by atoms with Crippen LogP contribution in [0.3, 0.4) is 0 Å². The summed E-state index contributed by atoms with van der Waals surface area (Å²) in [5, 5.41) is 2.33. The van der Waals surface area contributed by atoms with Crippen LogP contribution in [0.4, 0.5) is 19.0 Å². The molecular weight excluding hydrogens is 417 g/mol. The van der Waals surface area contributed by atoms with Crippen LogP contribution in [0.25, 0.3) is 16.7 Å². The van der Waals surface area contributed by atoms with Crippen LogP contribution in [0.15, 0.2) is 52.3 Å². The zero-order chi connectivity index (χ0) is 22.1. The lowest BCUT2D eigenvalue weighted by Gasteiger charge is -2.19. The molecule has 0 atom stereocenters. The fraction of sp³-hybridized carbons (Fsp3) is 0.250. The molecule has 0 bridgehead atoms. The van der Waals surface area contributed by atoms with Crippen LogP contribution in [0.5, 0.6) is 0 Å². The van der Waals surface area contributed by atoms with Gasteiger partial charge < -0.3 is 10.2 Å². The van der Waals surface area contributed by atoms with Gasteiger partial charge in [0.2, 0.25) is 5.91 Å². The minimum atomic E-state index is -4.77. The summed E-state index contributed by atoms with van der Waals surface area (Å²) in [6.07, 6.45) is -4.77. The molecule has 30 heavy (non-hydrogen) atoms. The Hall–Kier alpha value is -3.01. The number of benzene rings is 1. The van der Waals surface area contributed by atoms with Gasteiger partial charge >= 0.3 is 6.18 Å². The molecule has 1 amide bonds. The highest BCUT2D eigenvalue weighted by Gasteiger charge is 2.35. The van der Waals surface area contributed by atoms with Crippen molar-refractivity contribution in [1.82, 2.24) is 14.5 Å². The molecule has 2 aromatic heterocycles. The summed E-state index contributed by atoms with van der Waals surface area (Å²) in [5.74, 6) is -0.0462. The summed E-state index contributed by atoms with van der Waals surface area (Å²) in [6, 6.07) is 10.6. The number of thioether (sulfide) groups is 1. The Labute approximate surface area is 174 Å². The Morgan fingerprint density at radius 3 is 2.43 bits per heavy atom. The summed E-state index contributed by atoms with van der Waals surface area (Å²) >= 11 is 0.887. The molecule has 3 aromatic rings. The third-order valence-electron chi connectivity index (χ3n) is 4.36. The van der Waals surface area contributed by atoms with Crippen LogP contribution in [0.2, 0.25) is 0 Å². The monoisotopic (exact) mass is 436 g/mol. The Kier molecular flexibility index (Phi) is 6.06. The number of rotatable bonds is 5. The molecule has 1 N–H and O–H groups in total. The van der Waals surface area contributed by atoms with E-state index in [1.807, 2.05) is 0 Å². The van der Waals surface area contributed by atoms with E-state index in [9.17, 15) is 22.8 Å². The van der Waals surface area contributed by atoms with Gasteiger partial charge in [0.05, 0.1) is 21.7 Å². The molecule has 1 aromatic carbocycles. The van der Waals surface area contributed by atoms with Crippen molar-refractivity contribution in [3.63, 3.8) is 0 Å². The van der Waals surface area contributed by atoms with Crippen molar-refractivity contribution in [2.24, 2.45) is 0 Å². The highest BCUT2D eigenvalue weighted by atomic mass is 32.2. The van der Waals surface area contributed by atoms with E-state index in [0.717, 1.165) is 23.9 Å². The van der Waals surface area contributed by atoms with Gasteiger partial charge in [-0.1, -0.05) is 30.0 Å². The molecule has 0 unspecified atom stereocenters. The predicted molar refractivity (Wildman–Crippen MR) is 111 cm³/mol. The van der Waals surface area contributed by atoms with Gasteiger partial charge in [-0.25, -0.2) is 4.98 Å². The SMILES string of the molecule is CNc1cc(=O)c2c(C(F)(F)F)cc(SCC(=O)N(C)C)nc2n1-c1ccccc1. The first-order valence-electron chi connectivity index (χ1n) is 8.87. The quantitative estimate of drug-likeness (QED) is 0.619. The number of halogens is 3. The van der Waals surface area contributed by atoms with E-state index in [4.69, 9.17) is 0 Å². The molecule has 0 radical (unpaired) electrons. The molecular formula is C20H19F3N4O2S. The van der Waals surface area contributed by atoms with Gasteiger partial charge in [0.25, 0.3) is 0 Å². The zero-order valence-corrected chi connectivity index (χ0v) is 17.3. The minimum Gasteiger partial charge on any atom is -0.374 e. The van der Waals surface area contributed by atoms with Crippen LogP contribution in [-0.4, -0.2) is 47.3 Å². The lowest BCUT2D eigenvalue weighted by molar-refractivity contribution is -0.136. The largest absolute Gasteiger partial charge is 0.417 e. The highest BCUT2D eigenvalue weighted by molar-refractivity contribution is 7.99. The smallest absolute Gasteiger partial charge is 0.374 e. The number of amides is 1. The second kappa shape index (κ2) is 8.39. The molecule has 2 heterocycles. The van der Waals surface area contributed by atoms with Crippen molar-refractivity contribution in [3.05, 3.63) is 58.3 Å². The number of carbonyl (C=O) groups excluding carboxylic acids is 1. The molecule has 0 fully saturated rings. The normalized spacial score (nSPS) is 11.5. The molecule has 6 nitrogen and oxygen atoms in total. The van der Waals surface area contributed by atoms with Gasteiger partial charge in [0.1, 0.15) is 5.82 Å². The predicted octanol–water partition coefficient (Wildman–Crippen LogP) is 3.63. The Bertz CT molecular complexity index is 1140. The topological polar surface area (TPSA) is 67.2 Å². The molecule has 0 aliphatic heterocycles. The number of carbonyl (C=O) groups is 1. The number of fused-ring (bicyclic) bond motifs is 1. The number of aromatic nitrogens is 2. The Morgan fingerprint density at radius 2 is 1.87 bits per heavy atom. The van der Waals surface area contributed by atoms with Crippen LogP contribution in [0, 0.1) is 0 Å². The molecule has 0 aliphatic carbocycles. The zero-order valence-electron chi connectivity index (χ0n) is 16.4. The maximum atomic E-state index is 13.8. The van der Waals surface area contributed by atoms with Gasteiger partial charge in [0, 0.05) is 32.9 Å². The van der Waals surface area contributed by atoms with Crippen molar-refractivity contribution in [3.8, 4) is 5.69 Å². The summed E-state index contributed by atoms with van der Waals surface area (Å²) < 4.78 is 43.0. The first kappa shape index (κ1) is 21.7. The standard InChI is InChI=1S/C20H19F3N4O2S/c1-24-15-10-14(28)18-13(20(21,22)23)9-16(30-11-17(29)26(2)3)25-19(18)27(15)12-7-5-4-6-8-12/h4-10,24H,11H2,1-3H3. The number of pyridine rings is 2. The lowest BCUT2D eigenvalue weighted by Crippen LogP contribution is -2.23. The number of nitrogens with one attached hydrogen (secondary N) is 1. The van der Waals surface area contributed by atoms with Gasteiger partial charge in [-0.05, 0) is 18.2 Å². The highest BCUT2D eigenvalue weighted by Crippen LogP contribution is 2.36. The second-order valence-corrected chi connectivity index (χ2v) is 7.59. The number of nitrogens with zero attached hydrogens (tertiary/aromatic N) is 3. The molecule has 0 spiro atoms. The molecule has 0 saturated carbocycles. The van der Waals surface area contributed by atoms with Crippen molar-refractivity contribution >= 4 is 34.5 Å². The second-order valence-electron chi connectivity index (χ2n) is 6.60. The van der Waals surface area contributed by atoms with E-state index in [2.05, 4.69) is 10.3 Å². The van der Waals surface area contributed by atoms with Gasteiger partial charge in [-0.3, -0.25) is 14.2 Å². The van der Waals surface area contributed by atoms with E-state index < -0.39 is 22.6 Å². The number of alkyl halides is 3. The number of anilines is 1. The van der Waals surface area contributed by atoms with Crippen molar-refractivity contribution in [2.45, 2.75) is 11.2 Å². The van der Waals surface area contributed by atoms with E-state index in [1.165, 1.54) is 9.47 Å². The van der Waals surface area contributed by atoms with Crippen LogP contribution in [-0.2, 0) is 11.0 Å². The fourth-order valence-corrected chi connectivity index (χ4v) is 3.75. The minimum absolute atomic E-state index is 0.00218. The van der Waals surface area contributed by atoms with E-state index in [0.29, 0.717) is 11.5 Å². The third-order valence-corrected chi connectivity index (χ3v) is 5.26. The molecule has 3 rings (SSSR count). The maximum absolute atomic E-state index is 13.8. The maximum Gasteiger partial charge on any atom is 0.417 e. The van der Waals surface area contributed by atoms with Gasteiger partial charge in [-0.15, -0.1) is 0 Å². The average molecular weight is 436 g/mol. The van der Waals surface area contributed by atoms with Crippen LogP contribution < -0.4 is 10.7 Å². The van der Waals surface area contributed by atoms with E-state index in [1.54, 1.807) is 51.5 Å². The summed E-state index contributed by atoms with van der Waals surface area (Å²) in [7, 11) is 4.69. The van der Waals surface area contributed by atoms with Gasteiger partial charge in [-0.2, -0.15) is 13.2 Å². The number of hydrogen-bond acceptors (Lipinski definition) is 5. The summed E-state index contributed by atoms with van der Waals surface area (Å²) in [5.41, 5.74) is -1.46. The molecule has 10 heteroatoms. The Morgan fingerprint density at radius 1 is 1.20 bits per heavy atom. The average Bonchev–Trinajstić information content (AvgIpc) is 2.70. The van der Waals surface area contributed by atoms with Crippen LogP contribution in [0.1, 0.15) is 5.56 Å². The molecule has 0 saturated heterocycles. The first-order valence-corrected chi connectivity index (χ1v) is 9.86. The first-order chi connectivity index (χ1) is 14.1. The third kappa shape index (κ3) is 4.28. The fourth-order valence-electron chi connectivity index (χ4n) is 2.87. The lowest BCUT2D eigenvalue weighted by atomic mass is 10.1. The van der Waals surface area contributed by atoms with Crippen molar-refractivity contribution in [1.29, 1.82) is 0 Å². The van der Waals surface area contributed by atoms with Crippen molar-refractivity contribution in [2.75, 3.05) is 32.2 Å². The number of hydrogen-bond donors (Lipinski definition) is 1.